The minimum absolute atomic E-state index is 0.105. The highest BCUT2D eigenvalue weighted by Crippen LogP contribution is 2.15. The van der Waals surface area contributed by atoms with E-state index in [1.165, 1.54) is 0 Å². The van der Waals surface area contributed by atoms with E-state index in [0.717, 1.165) is 4.90 Å². The molecule has 0 aliphatic carbocycles. The van der Waals surface area contributed by atoms with E-state index in [4.69, 9.17) is 5.11 Å². The number of carbonyl (C=O) groups is 2. The molecule has 1 aromatic rings. The van der Waals surface area contributed by atoms with E-state index in [-0.39, 0.29) is 13.0 Å². The summed E-state index contributed by atoms with van der Waals surface area (Å²) in [5.41, 5.74) is 0.442. The van der Waals surface area contributed by atoms with Crippen LogP contribution in [0.15, 0.2) is 30.3 Å². The van der Waals surface area contributed by atoms with Gasteiger partial charge in [0.05, 0.1) is 19.5 Å². The zero-order valence-corrected chi connectivity index (χ0v) is 11.1. The number of halogens is 3. The Bertz CT molecular complexity index is 477. The highest BCUT2D eigenvalue weighted by molar-refractivity contribution is 5.95. The molecule has 0 saturated heterocycles. The first kappa shape index (κ1) is 17.0. The average Bonchev–Trinajstić information content (AvgIpc) is 2.38. The number of hydrogen-bond acceptors (Lipinski definition) is 3. The van der Waals surface area contributed by atoms with E-state index in [1.807, 2.05) is 5.32 Å². The maximum Gasteiger partial charge on any atom is 0.401 e. The molecule has 5 nitrogen and oxygen atoms in total. The predicted molar refractivity (Wildman–Crippen MR) is 70.0 cm³/mol. The topological polar surface area (TPSA) is 69.6 Å². The molecule has 0 fully saturated rings. The molecule has 0 bridgehead atoms. The first-order valence-electron chi connectivity index (χ1n) is 6.14. The molecular weight excluding hydrogens is 289 g/mol. The number of nitrogens with one attached hydrogen (secondary N) is 1. The molecule has 21 heavy (non-hydrogen) atoms. The molecule has 0 aliphatic heterocycles. The number of anilines is 1. The van der Waals surface area contributed by atoms with Gasteiger partial charge in [0.25, 0.3) is 0 Å². The number of carboxylic acids is 1. The molecule has 1 rings (SSSR count). The smallest absolute Gasteiger partial charge is 0.401 e. The fraction of sp³-hybridized carbons (Fsp3) is 0.385. The summed E-state index contributed by atoms with van der Waals surface area (Å²) >= 11 is 0. The summed E-state index contributed by atoms with van der Waals surface area (Å²) in [5, 5.41) is 10.7. The zero-order valence-electron chi connectivity index (χ0n) is 11.1. The second kappa shape index (κ2) is 7.63. The second-order valence-corrected chi connectivity index (χ2v) is 4.24. The minimum atomic E-state index is -4.40. The summed E-state index contributed by atoms with van der Waals surface area (Å²) in [5.74, 6) is -1.71. The third-order valence-corrected chi connectivity index (χ3v) is 2.52. The normalized spacial score (nSPS) is 11.2. The van der Waals surface area contributed by atoms with Crippen LogP contribution in [0.3, 0.4) is 0 Å². The van der Waals surface area contributed by atoms with E-state index in [9.17, 15) is 22.8 Å². The number of nitrogens with zero attached hydrogens (tertiary/aromatic N) is 1. The molecule has 0 radical (unpaired) electrons. The van der Waals surface area contributed by atoms with Crippen molar-refractivity contribution in [1.82, 2.24) is 5.32 Å². The Hall–Kier alpha value is -2.09. The Labute approximate surface area is 119 Å². The van der Waals surface area contributed by atoms with Crippen LogP contribution >= 0.6 is 0 Å². The van der Waals surface area contributed by atoms with Gasteiger partial charge in [0.15, 0.2) is 0 Å². The molecule has 0 atom stereocenters. The molecule has 1 amide bonds. The standard InChI is InChI=1S/C13H15F3N2O3/c14-13(15,16)9-17-8-11(19)18(7-6-12(20)21)10-4-2-1-3-5-10/h1-5,17H,6-9H2,(H,20,21). The zero-order chi connectivity index (χ0) is 15.9. The first-order valence-corrected chi connectivity index (χ1v) is 6.14. The monoisotopic (exact) mass is 304 g/mol. The lowest BCUT2D eigenvalue weighted by molar-refractivity contribution is -0.136. The van der Waals surface area contributed by atoms with Crippen LogP contribution < -0.4 is 10.2 Å². The first-order chi connectivity index (χ1) is 9.79. The summed E-state index contributed by atoms with van der Waals surface area (Å²) in [6.45, 7) is -1.90. The lowest BCUT2D eigenvalue weighted by atomic mass is 10.2. The fourth-order valence-corrected chi connectivity index (χ4v) is 1.62. The number of benzene rings is 1. The Morgan fingerprint density at radius 2 is 1.81 bits per heavy atom. The highest BCUT2D eigenvalue weighted by atomic mass is 19.4. The van der Waals surface area contributed by atoms with E-state index in [1.54, 1.807) is 30.3 Å². The molecule has 0 heterocycles. The second-order valence-electron chi connectivity index (χ2n) is 4.24. The SMILES string of the molecule is O=C(O)CCN(C(=O)CNCC(F)(F)F)c1ccccc1. The van der Waals surface area contributed by atoms with Crippen LogP contribution in [0.4, 0.5) is 18.9 Å². The molecule has 0 aromatic heterocycles. The minimum Gasteiger partial charge on any atom is -0.481 e. The van der Waals surface area contributed by atoms with Crippen molar-refractivity contribution in [3.05, 3.63) is 30.3 Å². The Morgan fingerprint density at radius 1 is 1.19 bits per heavy atom. The van der Waals surface area contributed by atoms with Crippen molar-refractivity contribution in [2.75, 3.05) is 24.5 Å². The number of alkyl halides is 3. The third kappa shape index (κ3) is 6.75. The van der Waals surface area contributed by atoms with E-state index < -0.39 is 31.1 Å². The maximum absolute atomic E-state index is 12.0. The van der Waals surface area contributed by atoms with Gasteiger partial charge in [0.1, 0.15) is 0 Å². The van der Waals surface area contributed by atoms with Crippen LogP contribution in [0.25, 0.3) is 0 Å². The van der Waals surface area contributed by atoms with Crippen molar-refractivity contribution in [1.29, 1.82) is 0 Å². The van der Waals surface area contributed by atoms with E-state index in [0.29, 0.717) is 5.69 Å². The predicted octanol–water partition coefficient (Wildman–Crippen LogP) is 1.65. The summed E-state index contributed by atoms with van der Waals surface area (Å²) in [7, 11) is 0. The summed E-state index contributed by atoms with van der Waals surface area (Å²) < 4.78 is 36.1. The van der Waals surface area contributed by atoms with Crippen molar-refractivity contribution < 1.29 is 27.9 Å². The molecule has 0 saturated carbocycles. The number of hydrogen-bond donors (Lipinski definition) is 2. The van der Waals surface area contributed by atoms with Gasteiger partial charge in [-0.05, 0) is 12.1 Å². The van der Waals surface area contributed by atoms with Crippen LogP contribution in [0.1, 0.15) is 6.42 Å². The number of amides is 1. The number of para-hydroxylation sites is 1. The van der Waals surface area contributed by atoms with Gasteiger partial charge in [-0.2, -0.15) is 13.2 Å². The largest absolute Gasteiger partial charge is 0.481 e. The van der Waals surface area contributed by atoms with Gasteiger partial charge in [-0.1, -0.05) is 18.2 Å². The van der Waals surface area contributed by atoms with Crippen LogP contribution in [-0.2, 0) is 9.59 Å². The molecule has 2 N–H and O–H groups in total. The van der Waals surface area contributed by atoms with Crippen LogP contribution in [0.2, 0.25) is 0 Å². The summed E-state index contributed by atoms with van der Waals surface area (Å²) in [4.78, 5) is 23.7. The maximum atomic E-state index is 12.0. The average molecular weight is 304 g/mol. The lowest BCUT2D eigenvalue weighted by Crippen LogP contribution is -2.42. The summed E-state index contributed by atoms with van der Waals surface area (Å²) in [6.07, 6.45) is -4.70. The lowest BCUT2D eigenvalue weighted by Gasteiger charge is -2.22. The van der Waals surface area contributed by atoms with E-state index in [2.05, 4.69) is 0 Å². The fourth-order valence-electron chi connectivity index (χ4n) is 1.62. The highest BCUT2D eigenvalue weighted by Gasteiger charge is 2.27. The van der Waals surface area contributed by atoms with Gasteiger partial charge < -0.3 is 15.3 Å². The number of carboxylic acid groups (broad SMARTS) is 1. The molecule has 0 spiro atoms. The molecule has 1 aromatic carbocycles. The molecule has 0 unspecified atom stereocenters. The quantitative estimate of drug-likeness (QED) is 0.803. The Kier molecular flexibility index (Phi) is 6.16. The van der Waals surface area contributed by atoms with Crippen molar-refractivity contribution >= 4 is 17.6 Å². The number of carbonyl (C=O) groups excluding carboxylic acids is 1. The number of rotatable bonds is 7. The van der Waals surface area contributed by atoms with Crippen LogP contribution in [0, 0.1) is 0 Å². The Balaban J connectivity index is 2.67. The van der Waals surface area contributed by atoms with Gasteiger partial charge in [0.2, 0.25) is 5.91 Å². The van der Waals surface area contributed by atoms with Crippen molar-refractivity contribution in [3.63, 3.8) is 0 Å². The van der Waals surface area contributed by atoms with Crippen molar-refractivity contribution in [2.45, 2.75) is 12.6 Å². The summed E-state index contributed by atoms with van der Waals surface area (Å²) in [6, 6.07) is 8.19. The molecular formula is C13H15F3N2O3. The van der Waals surface area contributed by atoms with E-state index >= 15 is 0 Å². The molecule has 0 aliphatic rings. The van der Waals surface area contributed by atoms with Crippen molar-refractivity contribution in [3.8, 4) is 0 Å². The Morgan fingerprint density at radius 3 is 2.33 bits per heavy atom. The third-order valence-electron chi connectivity index (χ3n) is 2.52. The van der Waals surface area contributed by atoms with Crippen molar-refractivity contribution in [2.24, 2.45) is 0 Å². The van der Waals surface area contributed by atoms with Gasteiger partial charge in [0, 0.05) is 12.2 Å². The van der Waals surface area contributed by atoms with Gasteiger partial charge in [-0.3, -0.25) is 9.59 Å². The van der Waals surface area contributed by atoms with Gasteiger partial charge in [-0.15, -0.1) is 0 Å². The molecule has 116 valence electrons. The van der Waals surface area contributed by atoms with Gasteiger partial charge in [-0.25, -0.2) is 0 Å². The van der Waals surface area contributed by atoms with Crippen LogP contribution in [-0.4, -0.2) is 42.8 Å². The number of aliphatic carboxylic acids is 1. The van der Waals surface area contributed by atoms with Gasteiger partial charge >= 0.3 is 12.1 Å². The van der Waals surface area contributed by atoms with Crippen LogP contribution in [0.5, 0.6) is 0 Å². The molecule has 8 heteroatoms.